The number of hydrogen-bond donors (Lipinski definition) is 1. The van der Waals surface area contributed by atoms with Crippen molar-refractivity contribution >= 4 is 45.5 Å². The number of para-hydroxylation sites is 1. The van der Waals surface area contributed by atoms with Crippen molar-refractivity contribution in [1.29, 1.82) is 0 Å². The summed E-state index contributed by atoms with van der Waals surface area (Å²) in [6, 6.07) is 12.3. The van der Waals surface area contributed by atoms with E-state index in [0.29, 0.717) is 16.3 Å². The van der Waals surface area contributed by atoms with Crippen molar-refractivity contribution in [3.05, 3.63) is 68.7 Å². The topological polar surface area (TPSA) is 42.0 Å². The molecule has 26 heavy (non-hydrogen) atoms. The van der Waals surface area contributed by atoms with E-state index in [0.717, 1.165) is 21.4 Å². The van der Waals surface area contributed by atoms with Gasteiger partial charge < -0.3 is 5.32 Å². The molecule has 0 radical (unpaired) electrons. The highest BCUT2D eigenvalue weighted by Gasteiger charge is 2.30. The van der Waals surface area contributed by atoms with Crippen molar-refractivity contribution in [2.24, 2.45) is 0 Å². The maximum atomic E-state index is 12.6. The maximum absolute atomic E-state index is 12.6. The number of thiazole rings is 1. The largest absolute Gasteiger partial charge is 0.416 e. The summed E-state index contributed by atoms with van der Waals surface area (Å²) in [7, 11) is 0. The number of alkyl halides is 3. The van der Waals surface area contributed by atoms with E-state index in [4.69, 9.17) is 0 Å². The number of amides is 1. The van der Waals surface area contributed by atoms with Crippen molar-refractivity contribution in [3.63, 3.8) is 0 Å². The predicted molar refractivity (Wildman–Crippen MR) is 104 cm³/mol. The molecule has 0 spiro atoms. The summed E-state index contributed by atoms with van der Waals surface area (Å²) in [5.74, 6) is -0.196. The van der Waals surface area contributed by atoms with E-state index in [-0.39, 0.29) is 12.3 Å². The maximum Gasteiger partial charge on any atom is 0.416 e. The van der Waals surface area contributed by atoms with Gasteiger partial charge in [-0.25, -0.2) is 4.98 Å². The Morgan fingerprint density at radius 1 is 1.12 bits per heavy atom. The van der Waals surface area contributed by atoms with E-state index in [2.05, 4.69) is 32.9 Å². The van der Waals surface area contributed by atoms with Gasteiger partial charge in [-0.05, 0) is 46.9 Å². The Balaban J connectivity index is 1.68. The molecule has 0 aliphatic carbocycles. The van der Waals surface area contributed by atoms with Gasteiger partial charge in [-0.2, -0.15) is 13.2 Å². The molecule has 134 valence electrons. The number of benzene rings is 2. The van der Waals surface area contributed by atoms with E-state index < -0.39 is 11.7 Å². The van der Waals surface area contributed by atoms with Crippen LogP contribution in [0.2, 0.25) is 0 Å². The van der Waals surface area contributed by atoms with Crippen molar-refractivity contribution in [2.75, 3.05) is 5.32 Å². The average molecular weight is 488 g/mol. The molecule has 0 saturated heterocycles. The van der Waals surface area contributed by atoms with Crippen LogP contribution in [0.1, 0.15) is 11.3 Å². The van der Waals surface area contributed by atoms with Gasteiger partial charge in [0.25, 0.3) is 0 Å². The molecule has 1 N–H and O–H groups in total. The lowest BCUT2D eigenvalue weighted by atomic mass is 10.1. The second kappa shape index (κ2) is 7.75. The molecule has 3 nitrogen and oxygen atoms in total. The number of aromatic nitrogens is 1. The van der Waals surface area contributed by atoms with Gasteiger partial charge in [-0.15, -0.1) is 11.3 Å². The molecule has 3 rings (SSSR count). The van der Waals surface area contributed by atoms with E-state index in [1.807, 2.05) is 24.3 Å². The molecule has 0 unspecified atom stereocenters. The van der Waals surface area contributed by atoms with E-state index in [1.54, 1.807) is 5.38 Å². The Labute approximate surface area is 165 Å². The lowest BCUT2D eigenvalue weighted by molar-refractivity contribution is -0.137. The molecule has 1 aromatic heterocycles. The number of halogens is 4. The highest BCUT2D eigenvalue weighted by Crippen LogP contribution is 2.31. The quantitative estimate of drug-likeness (QED) is 0.485. The minimum Gasteiger partial charge on any atom is -0.325 e. The van der Waals surface area contributed by atoms with Crippen LogP contribution < -0.4 is 5.32 Å². The van der Waals surface area contributed by atoms with Crippen molar-refractivity contribution in [3.8, 4) is 10.6 Å². The molecule has 0 fully saturated rings. The normalized spacial score (nSPS) is 11.4. The fourth-order valence-electron chi connectivity index (χ4n) is 2.24. The SMILES string of the molecule is O=C(Cc1csc(-c2ccc(C(F)(F)F)cc2)n1)Nc1ccccc1I. The summed E-state index contributed by atoms with van der Waals surface area (Å²) in [5, 5.41) is 5.14. The summed E-state index contributed by atoms with van der Waals surface area (Å²) < 4.78 is 38.8. The molecule has 0 saturated carbocycles. The highest BCUT2D eigenvalue weighted by molar-refractivity contribution is 14.1. The van der Waals surface area contributed by atoms with Crippen LogP contribution in [-0.4, -0.2) is 10.9 Å². The first-order valence-electron chi connectivity index (χ1n) is 7.49. The number of rotatable bonds is 4. The lowest BCUT2D eigenvalue weighted by Crippen LogP contribution is -2.15. The van der Waals surface area contributed by atoms with Gasteiger partial charge in [-0.1, -0.05) is 24.3 Å². The van der Waals surface area contributed by atoms with Gasteiger partial charge in [0, 0.05) is 14.5 Å². The Hall–Kier alpha value is -1.94. The van der Waals surface area contributed by atoms with Gasteiger partial charge in [0.1, 0.15) is 5.01 Å². The van der Waals surface area contributed by atoms with Crippen LogP contribution in [0.5, 0.6) is 0 Å². The van der Waals surface area contributed by atoms with Crippen LogP contribution in [0, 0.1) is 3.57 Å². The number of hydrogen-bond acceptors (Lipinski definition) is 3. The third kappa shape index (κ3) is 4.61. The van der Waals surface area contributed by atoms with Gasteiger partial charge in [0.2, 0.25) is 5.91 Å². The zero-order chi connectivity index (χ0) is 18.7. The summed E-state index contributed by atoms with van der Waals surface area (Å²) >= 11 is 3.43. The van der Waals surface area contributed by atoms with Gasteiger partial charge >= 0.3 is 6.18 Å². The molecule has 2 aromatic carbocycles. The fourth-order valence-corrected chi connectivity index (χ4v) is 3.59. The fraction of sp³-hybridized carbons (Fsp3) is 0.111. The number of nitrogens with zero attached hydrogens (tertiary/aromatic N) is 1. The van der Waals surface area contributed by atoms with Crippen LogP contribution in [0.25, 0.3) is 10.6 Å². The minimum atomic E-state index is -4.36. The smallest absolute Gasteiger partial charge is 0.325 e. The summed E-state index contributed by atoms with van der Waals surface area (Å²) in [4.78, 5) is 16.5. The minimum absolute atomic E-state index is 0.0993. The summed E-state index contributed by atoms with van der Waals surface area (Å²) in [5.41, 5.74) is 1.20. The molecule has 0 atom stereocenters. The predicted octanol–water partition coefficient (Wildman–Crippen LogP) is 5.61. The van der Waals surface area contributed by atoms with Gasteiger partial charge in [0.15, 0.2) is 0 Å². The molecule has 1 heterocycles. The standard InChI is InChI=1S/C18H12F3IN2OS/c19-18(20,21)12-7-5-11(6-8-12)17-23-13(10-26-17)9-16(25)24-15-4-2-1-3-14(15)22/h1-8,10H,9H2,(H,24,25). The molecular weight excluding hydrogens is 476 g/mol. The first-order valence-corrected chi connectivity index (χ1v) is 9.45. The number of anilines is 1. The number of carbonyl (C=O) groups excluding carboxylic acids is 1. The van der Waals surface area contributed by atoms with Gasteiger partial charge in [0.05, 0.1) is 23.4 Å². The van der Waals surface area contributed by atoms with Gasteiger partial charge in [-0.3, -0.25) is 4.79 Å². The van der Waals surface area contributed by atoms with Crippen molar-refractivity contribution in [2.45, 2.75) is 12.6 Å². The van der Waals surface area contributed by atoms with Crippen molar-refractivity contribution < 1.29 is 18.0 Å². The number of carbonyl (C=O) groups is 1. The van der Waals surface area contributed by atoms with Crippen LogP contribution in [0.4, 0.5) is 18.9 Å². The number of nitrogens with one attached hydrogen (secondary N) is 1. The van der Waals surface area contributed by atoms with E-state index >= 15 is 0 Å². The average Bonchev–Trinajstić information content (AvgIpc) is 3.05. The van der Waals surface area contributed by atoms with Crippen LogP contribution in [-0.2, 0) is 17.4 Å². The Morgan fingerprint density at radius 3 is 2.46 bits per heavy atom. The molecule has 3 aromatic rings. The first kappa shape index (κ1) is 18.8. The second-order valence-corrected chi connectivity index (χ2v) is 7.44. The molecular formula is C18H12F3IN2OS. The van der Waals surface area contributed by atoms with Crippen molar-refractivity contribution in [1.82, 2.24) is 4.98 Å². The highest BCUT2D eigenvalue weighted by atomic mass is 127. The molecule has 8 heteroatoms. The monoisotopic (exact) mass is 488 g/mol. The summed E-state index contributed by atoms with van der Waals surface area (Å²) in [6.07, 6.45) is -4.26. The zero-order valence-electron chi connectivity index (χ0n) is 13.2. The first-order chi connectivity index (χ1) is 12.3. The third-order valence-corrected chi connectivity index (χ3v) is 5.38. The Kier molecular flexibility index (Phi) is 5.61. The third-order valence-electron chi connectivity index (χ3n) is 3.50. The van der Waals surface area contributed by atoms with Crippen LogP contribution >= 0.6 is 33.9 Å². The van der Waals surface area contributed by atoms with E-state index in [1.165, 1.54) is 23.5 Å². The van der Waals surface area contributed by atoms with Crippen LogP contribution in [0.3, 0.4) is 0 Å². The summed E-state index contributed by atoms with van der Waals surface area (Å²) in [6.45, 7) is 0. The zero-order valence-corrected chi connectivity index (χ0v) is 16.2. The second-order valence-electron chi connectivity index (χ2n) is 5.42. The molecule has 0 aliphatic heterocycles. The molecule has 0 aliphatic rings. The Bertz CT molecular complexity index is 923. The lowest BCUT2D eigenvalue weighted by Gasteiger charge is -2.06. The molecule has 1 amide bonds. The molecule has 0 bridgehead atoms. The van der Waals surface area contributed by atoms with E-state index in [9.17, 15) is 18.0 Å². The Morgan fingerprint density at radius 2 is 1.81 bits per heavy atom. The van der Waals surface area contributed by atoms with Crippen LogP contribution in [0.15, 0.2) is 53.9 Å².